The molecule has 0 radical (unpaired) electrons. The largest absolute Gasteiger partial charge is 0.337 e. The van der Waals surface area contributed by atoms with E-state index in [2.05, 4.69) is 20.3 Å². The quantitative estimate of drug-likeness (QED) is 0.585. The number of hydrogen-bond donors (Lipinski definition) is 1. The van der Waals surface area contributed by atoms with Gasteiger partial charge in [-0.1, -0.05) is 0 Å². The Morgan fingerprint density at radius 3 is 2.70 bits per heavy atom. The summed E-state index contributed by atoms with van der Waals surface area (Å²) in [5, 5.41) is 4.63. The molecule has 0 aliphatic carbocycles. The molecule has 0 aliphatic rings. The molecule has 2 aromatic heterocycles. The van der Waals surface area contributed by atoms with Gasteiger partial charge in [-0.05, 0) is 31.2 Å². The number of nitrogens with one attached hydrogen (secondary N) is 1. The van der Waals surface area contributed by atoms with E-state index < -0.39 is 11.6 Å². The van der Waals surface area contributed by atoms with E-state index in [1.165, 1.54) is 29.8 Å². The lowest BCUT2D eigenvalue weighted by atomic mass is 10.2. The van der Waals surface area contributed by atoms with Gasteiger partial charge >= 0.3 is 0 Å². The van der Waals surface area contributed by atoms with Gasteiger partial charge < -0.3 is 5.32 Å². The van der Waals surface area contributed by atoms with E-state index >= 15 is 0 Å². The Balaban J connectivity index is 1.94. The zero-order valence-electron chi connectivity index (χ0n) is 12.0. The maximum Gasteiger partial charge on any atom is 0.149 e. The third kappa shape index (κ3) is 2.39. The Labute approximate surface area is 133 Å². The Morgan fingerprint density at radius 1 is 1.04 bits per heavy atom. The van der Waals surface area contributed by atoms with Gasteiger partial charge in [0.05, 0.1) is 31.8 Å². The fraction of sp³-hybridized carbons (Fsp3) is 0.0625. The zero-order chi connectivity index (χ0) is 16.0. The van der Waals surface area contributed by atoms with E-state index in [1.807, 2.05) is 19.1 Å². The molecule has 4 nitrogen and oxygen atoms in total. The number of rotatable bonds is 2. The number of benzene rings is 2. The van der Waals surface area contributed by atoms with Gasteiger partial charge in [-0.3, -0.25) is 0 Å². The van der Waals surface area contributed by atoms with Crippen LogP contribution < -0.4 is 5.32 Å². The molecule has 0 fully saturated rings. The minimum Gasteiger partial charge on any atom is -0.337 e. The number of hydrogen-bond acceptors (Lipinski definition) is 5. The molecule has 0 saturated carbocycles. The number of aromatic nitrogens is 3. The van der Waals surface area contributed by atoms with Crippen molar-refractivity contribution < 1.29 is 8.78 Å². The second-order valence-corrected chi connectivity index (χ2v) is 6.22. The Kier molecular flexibility index (Phi) is 3.16. The number of anilines is 2. The molecular formula is C16H10F2N4S. The van der Waals surface area contributed by atoms with Crippen molar-refractivity contribution in [1.29, 1.82) is 0 Å². The molecule has 0 amide bonds. The molecule has 4 aromatic rings. The summed E-state index contributed by atoms with van der Waals surface area (Å²) in [6.45, 7) is 1.92. The smallest absolute Gasteiger partial charge is 0.149 e. The van der Waals surface area contributed by atoms with Gasteiger partial charge in [-0.25, -0.2) is 23.7 Å². The van der Waals surface area contributed by atoms with Crippen LogP contribution in [0.25, 0.3) is 21.1 Å². The molecule has 0 saturated heterocycles. The average molecular weight is 328 g/mol. The van der Waals surface area contributed by atoms with Crippen molar-refractivity contribution >= 4 is 44.0 Å². The molecule has 0 atom stereocenters. The molecule has 23 heavy (non-hydrogen) atoms. The first kappa shape index (κ1) is 14.0. The highest BCUT2D eigenvalue weighted by Gasteiger charge is 2.13. The van der Waals surface area contributed by atoms with Crippen molar-refractivity contribution in [2.24, 2.45) is 0 Å². The molecule has 0 unspecified atom stereocenters. The van der Waals surface area contributed by atoms with Gasteiger partial charge in [0.1, 0.15) is 23.8 Å². The lowest BCUT2D eigenvalue weighted by molar-refractivity contribution is 0.586. The van der Waals surface area contributed by atoms with Crippen molar-refractivity contribution in [3.8, 4) is 0 Å². The average Bonchev–Trinajstić information content (AvgIpc) is 2.90. The molecule has 4 rings (SSSR count). The predicted octanol–water partition coefficient (Wildman–Crippen LogP) is 4.57. The van der Waals surface area contributed by atoms with Gasteiger partial charge in [0.15, 0.2) is 0 Å². The minimum atomic E-state index is -0.676. The molecule has 0 spiro atoms. The van der Waals surface area contributed by atoms with Gasteiger partial charge in [-0.15, -0.1) is 11.3 Å². The fourth-order valence-electron chi connectivity index (χ4n) is 2.46. The van der Waals surface area contributed by atoms with Crippen LogP contribution in [0.1, 0.15) is 5.01 Å². The Morgan fingerprint density at radius 2 is 1.87 bits per heavy atom. The summed E-state index contributed by atoms with van der Waals surface area (Å²) in [6, 6.07) is 7.12. The van der Waals surface area contributed by atoms with Crippen LogP contribution in [0, 0.1) is 18.6 Å². The topological polar surface area (TPSA) is 50.7 Å². The number of aryl methyl sites for hydroxylation is 1. The van der Waals surface area contributed by atoms with E-state index in [9.17, 15) is 8.78 Å². The van der Waals surface area contributed by atoms with Crippen molar-refractivity contribution in [3.63, 3.8) is 0 Å². The fourth-order valence-corrected chi connectivity index (χ4v) is 3.42. The first-order valence-electron chi connectivity index (χ1n) is 6.85. The Hall–Kier alpha value is -2.67. The molecule has 2 heterocycles. The number of fused-ring (bicyclic) bond motifs is 3. The summed E-state index contributed by atoms with van der Waals surface area (Å²) in [6.07, 6.45) is 1.41. The SMILES string of the molecule is Cc1nc2ccc3ncnc(Nc4ccc(F)cc4F)c3c2s1. The molecule has 0 aliphatic heterocycles. The minimum absolute atomic E-state index is 0.157. The monoisotopic (exact) mass is 328 g/mol. The summed E-state index contributed by atoms with van der Waals surface area (Å²) >= 11 is 1.53. The predicted molar refractivity (Wildman–Crippen MR) is 87.1 cm³/mol. The molecule has 1 N–H and O–H groups in total. The lowest BCUT2D eigenvalue weighted by Crippen LogP contribution is -1.98. The zero-order valence-corrected chi connectivity index (χ0v) is 12.8. The second-order valence-electron chi connectivity index (χ2n) is 5.01. The number of nitrogens with zero attached hydrogens (tertiary/aromatic N) is 3. The van der Waals surface area contributed by atoms with Crippen LogP contribution in [0.2, 0.25) is 0 Å². The van der Waals surface area contributed by atoms with Crippen molar-refractivity contribution in [3.05, 3.63) is 53.3 Å². The third-order valence-corrected chi connectivity index (χ3v) is 4.45. The Bertz CT molecular complexity index is 1050. The highest BCUT2D eigenvalue weighted by Crippen LogP contribution is 2.34. The maximum absolute atomic E-state index is 13.9. The van der Waals surface area contributed by atoms with Gasteiger partial charge in [0.2, 0.25) is 0 Å². The van der Waals surface area contributed by atoms with Crippen molar-refractivity contribution in [2.45, 2.75) is 6.92 Å². The summed E-state index contributed by atoms with van der Waals surface area (Å²) in [7, 11) is 0. The van der Waals surface area contributed by atoms with E-state index in [0.717, 1.165) is 32.2 Å². The van der Waals surface area contributed by atoms with E-state index in [4.69, 9.17) is 0 Å². The van der Waals surface area contributed by atoms with Crippen LogP contribution >= 0.6 is 11.3 Å². The molecule has 0 bridgehead atoms. The van der Waals surface area contributed by atoms with Gasteiger partial charge in [-0.2, -0.15) is 0 Å². The summed E-state index contributed by atoms with van der Waals surface area (Å²) in [5.74, 6) is -0.833. The van der Waals surface area contributed by atoms with Crippen LogP contribution in [-0.4, -0.2) is 15.0 Å². The second kappa shape index (κ2) is 5.20. The summed E-state index contributed by atoms with van der Waals surface area (Å²) in [5.41, 5.74) is 1.74. The van der Waals surface area contributed by atoms with E-state index in [-0.39, 0.29) is 5.69 Å². The number of thiazole rings is 1. The standard InChI is InChI=1S/C16H10F2N4S/c1-8-21-13-5-4-12-14(15(13)23-8)16(20-7-19-12)22-11-3-2-9(17)6-10(11)18/h2-7H,1H3,(H,19,20,22). The first-order valence-corrected chi connectivity index (χ1v) is 7.66. The first-order chi connectivity index (χ1) is 11.1. The molecular weight excluding hydrogens is 318 g/mol. The highest BCUT2D eigenvalue weighted by atomic mass is 32.1. The van der Waals surface area contributed by atoms with Gasteiger partial charge in [0, 0.05) is 6.07 Å². The normalized spacial score (nSPS) is 11.3. The van der Waals surface area contributed by atoms with Gasteiger partial charge in [0.25, 0.3) is 0 Å². The molecule has 114 valence electrons. The third-order valence-electron chi connectivity index (χ3n) is 3.45. The van der Waals surface area contributed by atoms with Crippen LogP contribution in [-0.2, 0) is 0 Å². The lowest BCUT2D eigenvalue weighted by Gasteiger charge is -2.09. The van der Waals surface area contributed by atoms with Crippen molar-refractivity contribution in [1.82, 2.24) is 15.0 Å². The summed E-state index contributed by atoms with van der Waals surface area (Å²) < 4.78 is 27.9. The highest BCUT2D eigenvalue weighted by molar-refractivity contribution is 7.19. The maximum atomic E-state index is 13.9. The molecule has 2 aromatic carbocycles. The van der Waals surface area contributed by atoms with Crippen LogP contribution in [0.4, 0.5) is 20.3 Å². The molecule has 7 heteroatoms. The van der Waals surface area contributed by atoms with Crippen LogP contribution in [0.15, 0.2) is 36.7 Å². The van der Waals surface area contributed by atoms with E-state index in [0.29, 0.717) is 5.82 Å². The number of halogens is 2. The van der Waals surface area contributed by atoms with Crippen molar-refractivity contribution in [2.75, 3.05) is 5.32 Å². The van der Waals surface area contributed by atoms with E-state index in [1.54, 1.807) is 0 Å². The van der Waals surface area contributed by atoms with Crippen LogP contribution in [0.3, 0.4) is 0 Å². The van der Waals surface area contributed by atoms with Crippen LogP contribution in [0.5, 0.6) is 0 Å². The summed E-state index contributed by atoms with van der Waals surface area (Å²) in [4.78, 5) is 12.9.